The van der Waals surface area contributed by atoms with Crippen molar-refractivity contribution in [2.45, 2.75) is 26.2 Å². The van der Waals surface area contributed by atoms with Crippen molar-refractivity contribution in [3.8, 4) is 0 Å². The van der Waals surface area contributed by atoms with Crippen LogP contribution in [0.1, 0.15) is 26.2 Å². The monoisotopic (exact) mass is 389 g/mol. The molecule has 4 atom stereocenters. The average Bonchev–Trinajstić information content (AvgIpc) is 3.34. The lowest BCUT2D eigenvalue weighted by Gasteiger charge is -2.19. The molecular weight excluding hydrogens is 358 g/mol. The number of rotatable bonds is 8. The second kappa shape index (κ2) is 8.75. The number of aliphatic imine (C=N–C) groups is 1. The molecule has 0 radical (unpaired) electrons. The minimum atomic E-state index is -0.156. The molecule has 4 unspecified atom stereocenters. The van der Waals surface area contributed by atoms with Crippen LogP contribution in [0.3, 0.4) is 0 Å². The fraction of sp³-hybridized carbons (Fsp3) is 0.700. The van der Waals surface area contributed by atoms with Gasteiger partial charge in [0.05, 0.1) is 11.8 Å². The van der Waals surface area contributed by atoms with Gasteiger partial charge in [-0.1, -0.05) is 25.5 Å². The van der Waals surface area contributed by atoms with E-state index in [-0.39, 0.29) is 47.9 Å². The summed E-state index contributed by atoms with van der Waals surface area (Å²) in [4.78, 5) is 44.4. The van der Waals surface area contributed by atoms with Crippen molar-refractivity contribution in [1.82, 2.24) is 20.4 Å². The molecule has 154 valence electrons. The van der Waals surface area contributed by atoms with E-state index in [9.17, 15) is 14.4 Å². The van der Waals surface area contributed by atoms with Gasteiger partial charge in [-0.05, 0) is 24.7 Å². The van der Waals surface area contributed by atoms with Crippen molar-refractivity contribution in [3.05, 3.63) is 12.2 Å². The minimum absolute atomic E-state index is 0.0335. The zero-order valence-electron chi connectivity index (χ0n) is 17.0. The van der Waals surface area contributed by atoms with Gasteiger partial charge < -0.3 is 15.5 Å². The summed E-state index contributed by atoms with van der Waals surface area (Å²) in [6.07, 6.45) is 7.18. The second-order valence-corrected chi connectivity index (χ2v) is 7.99. The number of hydrogen-bond acceptors (Lipinski definition) is 4. The van der Waals surface area contributed by atoms with Gasteiger partial charge in [0.1, 0.15) is 6.54 Å². The van der Waals surface area contributed by atoms with Crippen LogP contribution in [-0.2, 0) is 14.4 Å². The van der Waals surface area contributed by atoms with E-state index in [4.69, 9.17) is 0 Å². The summed E-state index contributed by atoms with van der Waals surface area (Å²) in [5.41, 5.74) is 0. The Bertz CT molecular complexity index is 657. The van der Waals surface area contributed by atoms with Crippen LogP contribution in [0, 0.1) is 23.7 Å². The molecule has 1 heterocycles. The Hall–Kier alpha value is -2.38. The van der Waals surface area contributed by atoms with Crippen molar-refractivity contribution in [1.29, 1.82) is 0 Å². The zero-order valence-corrected chi connectivity index (χ0v) is 17.0. The van der Waals surface area contributed by atoms with E-state index in [0.29, 0.717) is 19.0 Å². The van der Waals surface area contributed by atoms with E-state index in [0.717, 1.165) is 25.8 Å². The van der Waals surface area contributed by atoms with Crippen molar-refractivity contribution >= 4 is 23.7 Å². The molecule has 0 spiro atoms. The Morgan fingerprint density at radius 3 is 2.32 bits per heavy atom. The van der Waals surface area contributed by atoms with E-state index in [1.54, 1.807) is 14.1 Å². The van der Waals surface area contributed by atoms with Crippen LogP contribution in [0.25, 0.3) is 0 Å². The number of likely N-dealkylation sites (N-methyl/N-ethyl adjacent to an activating group) is 1. The summed E-state index contributed by atoms with van der Waals surface area (Å²) in [5.74, 6) is 0.528. The number of amides is 3. The minimum Gasteiger partial charge on any atom is -0.356 e. The van der Waals surface area contributed by atoms with E-state index < -0.39 is 0 Å². The number of fused-ring (bicyclic) bond motifs is 5. The van der Waals surface area contributed by atoms with Crippen molar-refractivity contribution in [3.63, 3.8) is 0 Å². The van der Waals surface area contributed by atoms with Gasteiger partial charge in [-0.25, -0.2) is 4.99 Å². The van der Waals surface area contributed by atoms with E-state index in [1.165, 1.54) is 9.80 Å². The number of allylic oxidation sites excluding steroid dienone is 2. The molecule has 2 N–H and O–H groups in total. The highest BCUT2D eigenvalue weighted by molar-refractivity contribution is 6.06. The van der Waals surface area contributed by atoms with Gasteiger partial charge in [-0.15, -0.1) is 0 Å². The fourth-order valence-electron chi connectivity index (χ4n) is 4.32. The van der Waals surface area contributed by atoms with Gasteiger partial charge >= 0.3 is 0 Å². The first kappa shape index (κ1) is 20.4. The number of likely N-dealkylation sites (tertiary alicyclic amines) is 1. The summed E-state index contributed by atoms with van der Waals surface area (Å²) in [6, 6.07) is 0. The molecule has 2 bridgehead atoms. The van der Waals surface area contributed by atoms with E-state index in [2.05, 4.69) is 34.7 Å². The number of unbranched alkanes of at least 4 members (excludes halogenated alkanes) is 1. The first-order chi connectivity index (χ1) is 13.4. The van der Waals surface area contributed by atoms with Crippen LogP contribution in [-0.4, -0.2) is 73.8 Å². The van der Waals surface area contributed by atoms with Crippen LogP contribution in [0.4, 0.5) is 0 Å². The third-order valence-electron chi connectivity index (χ3n) is 5.88. The summed E-state index contributed by atoms with van der Waals surface area (Å²) in [6.45, 7) is 3.63. The molecule has 3 rings (SSSR count). The lowest BCUT2D eigenvalue weighted by molar-refractivity contribution is -0.140. The number of nitrogens with one attached hydrogen (secondary N) is 2. The highest BCUT2D eigenvalue weighted by Gasteiger charge is 2.58. The third kappa shape index (κ3) is 4.05. The summed E-state index contributed by atoms with van der Waals surface area (Å²) in [5, 5.41) is 6.35. The van der Waals surface area contributed by atoms with Crippen molar-refractivity contribution < 1.29 is 14.4 Å². The van der Waals surface area contributed by atoms with Crippen molar-refractivity contribution in [2.75, 3.05) is 40.3 Å². The molecule has 1 aliphatic heterocycles. The Balaban J connectivity index is 1.53. The molecule has 8 heteroatoms. The lowest BCUT2D eigenvalue weighted by Crippen LogP contribution is -2.44. The van der Waals surface area contributed by atoms with Gasteiger partial charge in [-0.3, -0.25) is 19.3 Å². The van der Waals surface area contributed by atoms with Crippen LogP contribution in [0.5, 0.6) is 0 Å². The highest BCUT2D eigenvalue weighted by Crippen LogP contribution is 2.52. The van der Waals surface area contributed by atoms with E-state index in [1.807, 2.05) is 0 Å². The first-order valence-electron chi connectivity index (χ1n) is 10.2. The molecule has 1 saturated carbocycles. The molecule has 8 nitrogen and oxygen atoms in total. The number of carbonyl (C=O) groups excluding carboxylic acids is 3. The highest BCUT2D eigenvalue weighted by atomic mass is 16.2. The van der Waals surface area contributed by atoms with Crippen LogP contribution < -0.4 is 10.6 Å². The molecule has 3 amide bonds. The zero-order chi connectivity index (χ0) is 20.3. The molecule has 0 aromatic heterocycles. The lowest BCUT2D eigenvalue weighted by atomic mass is 9.85. The Kier molecular flexibility index (Phi) is 6.36. The van der Waals surface area contributed by atoms with Gasteiger partial charge in [0.15, 0.2) is 5.96 Å². The maximum atomic E-state index is 12.7. The molecule has 0 aromatic carbocycles. The van der Waals surface area contributed by atoms with Gasteiger partial charge in [0.25, 0.3) is 0 Å². The Morgan fingerprint density at radius 1 is 1.14 bits per heavy atom. The number of imide groups is 1. The number of carbonyl (C=O) groups is 3. The normalized spacial score (nSPS) is 28.1. The van der Waals surface area contributed by atoms with Crippen LogP contribution >= 0.6 is 0 Å². The number of hydrogen-bond donors (Lipinski definition) is 2. The maximum absolute atomic E-state index is 12.7. The fourth-order valence-corrected chi connectivity index (χ4v) is 4.32. The molecule has 1 saturated heterocycles. The number of nitrogens with zero attached hydrogens (tertiary/aromatic N) is 3. The molecule has 2 aliphatic carbocycles. The van der Waals surface area contributed by atoms with Gasteiger partial charge in [0, 0.05) is 33.7 Å². The summed E-state index contributed by atoms with van der Waals surface area (Å²) in [7, 11) is 3.39. The topological polar surface area (TPSA) is 94.1 Å². The quantitative estimate of drug-likeness (QED) is 0.204. The summed E-state index contributed by atoms with van der Waals surface area (Å²) < 4.78 is 0. The molecule has 3 aliphatic rings. The van der Waals surface area contributed by atoms with Crippen LogP contribution in [0.2, 0.25) is 0 Å². The maximum Gasteiger partial charge on any atom is 0.243 e. The van der Waals surface area contributed by atoms with Crippen molar-refractivity contribution in [2.24, 2.45) is 28.7 Å². The summed E-state index contributed by atoms with van der Waals surface area (Å²) >= 11 is 0. The molecule has 28 heavy (non-hydrogen) atoms. The van der Waals surface area contributed by atoms with Gasteiger partial charge in [0.2, 0.25) is 17.7 Å². The molecule has 0 aromatic rings. The predicted molar refractivity (Wildman–Crippen MR) is 106 cm³/mol. The van der Waals surface area contributed by atoms with Gasteiger partial charge in [-0.2, -0.15) is 0 Å². The molecular formula is C20H31N5O3. The van der Waals surface area contributed by atoms with E-state index >= 15 is 0 Å². The standard InChI is InChI=1S/C20H31N5O3/c1-4-5-8-21-20(23-12-15(26)24(2)3)22-9-10-25-18(27)16-13-6-7-14(11-13)17(16)19(25)28/h6-7,13-14,16-17H,4-5,8-12H2,1-3H3,(H2,21,22,23). The predicted octanol–water partition coefficient (Wildman–Crippen LogP) is 0.217. The average molecular weight is 390 g/mol. The second-order valence-electron chi connectivity index (χ2n) is 7.99. The smallest absolute Gasteiger partial charge is 0.243 e. The first-order valence-corrected chi connectivity index (χ1v) is 10.2. The Morgan fingerprint density at radius 2 is 1.75 bits per heavy atom. The molecule has 2 fully saturated rings. The SMILES string of the molecule is CCCCNC(=NCC(=O)N(C)C)NCCN1C(=O)C2C3C=CC(C3)C2C1=O. The largest absolute Gasteiger partial charge is 0.356 e. The number of guanidine groups is 1. The Labute approximate surface area is 166 Å². The third-order valence-corrected chi connectivity index (χ3v) is 5.88. The van der Waals surface area contributed by atoms with Crippen LogP contribution in [0.15, 0.2) is 17.1 Å².